The number of esters is 3. The van der Waals surface area contributed by atoms with Gasteiger partial charge in [0.1, 0.15) is 18.8 Å². The van der Waals surface area contributed by atoms with Gasteiger partial charge >= 0.3 is 23.9 Å². The summed E-state index contributed by atoms with van der Waals surface area (Å²) in [5, 5.41) is 31.5. The van der Waals surface area contributed by atoms with Gasteiger partial charge in [-0.25, -0.2) is 4.79 Å². The van der Waals surface area contributed by atoms with Crippen LogP contribution in [0.4, 0.5) is 0 Å². The van der Waals surface area contributed by atoms with E-state index >= 15 is 0 Å². The number of aliphatic hydroxyl groups is 2. The molecule has 0 amide bonds. The predicted octanol–water partition coefficient (Wildman–Crippen LogP) is 15.9. The SMILES string of the molecule is CC/C=C\C/C=C\C/C=C\C/C=C\C/C=C\CC(=O)OCC(COC1OC(C(=O)O)C(O)C(O)C1OC(=O)CCCCCCCCCCC/C=C\CCCCCCCC)OC(=O)CCCCCCC/C=C\CCCCCC. The summed E-state index contributed by atoms with van der Waals surface area (Å²) < 4.78 is 28.3. The van der Waals surface area contributed by atoms with Crippen LogP contribution in [0.25, 0.3) is 0 Å². The zero-order chi connectivity index (χ0) is 56.1. The third-order valence-electron chi connectivity index (χ3n) is 13.5. The van der Waals surface area contributed by atoms with E-state index in [2.05, 4.69) is 87.6 Å². The Morgan fingerprint density at radius 2 is 0.857 bits per heavy atom. The minimum absolute atomic E-state index is 0.0182. The van der Waals surface area contributed by atoms with Crippen LogP contribution in [0.2, 0.25) is 0 Å². The molecule has 12 heteroatoms. The third-order valence-corrected chi connectivity index (χ3v) is 13.5. The Kier molecular flexibility index (Phi) is 48.4. The molecule has 0 aromatic rings. The van der Waals surface area contributed by atoms with Crippen molar-refractivity contribution in [2.45, 2.75) is 289 Å². The summed E-state index contributed by atoms with van der Waals surface area (Å²) in [6, 6.07) is 0. The van der Waals surface area contributed by atoms with E-state index in [-0.39, 0.29) is 25.9 Å². The molecule has 1 fully saturated rings. The van der Waals surface area contributed by atoms with Crippen LogP contribution in [-0.2, 0) is 42.9 Å². The first-order valence-corrected chi connectivity index (χ1v) is 30.6. The van der Waals surface area contributed by atoms with E-state index in [1.54, 1.807) is 6.08 Å². The van der Waals surface area contributed by atoms with Crippen molar-refractivity contribution < 1.29 is 58.2 Å². The Morgan fingerprint density at radius 3 is 1.31 bits per heavy atom. The highest BCUT2D eigenvalue weighted by Gasteiger charge is 2.50. The lowest BCUT2D eigenvalue weighted by Crippen LogP contribution is -2.61. The first-order chi connectivity index (χ1) is 37.6. The van der Waals surface area contributed by atoms with Crippen LogP contribution in [0.5, 0.6) is 0 Å². The van der Waals surface area contributed by atoms with E-state index in [9.17, 15) is 34.5 Å². The van der Waals surface area contributed by atoms with Gasteiger partial charge in [-0.05, 0) is 96.3 Å². The lowest BCUT2D eigenvalue weighted by molar-refractivity contribution is -0.301. The fraction of sp³-hybridized carbons (Fsp3) is 0.723. The molecule has 1 saturated heterocycles. The Hall–Kier alpha value is -4.10. The van der Waals surface area contributed by atoms with Crippen molar-refractivity contribution in [2.24, 2.45) is 0 Å². The lowest BCUT2D eigenvalue weighted by Gasteiger charge is -2.40. The standard InChI is InChI=1S/C65H108O12/c1-4-7-10-13-16-19-22-25-27-28-29-30-32-35-38-41-44-47-50-53-59(68)76-63-61(70)60(69)62(64(71)72)77-65(63)74-55-56(75-58(67)52-49-46-43-40-37-33-24-21-18-15-12-9-6-3)54-73-57(66)51-48-45-42-39-36-34-31-26-23-20-17-14-11-8-5-2/h8,11,17,20-21,24-27,31,36,39,45,48,56,60-63,65,69-70H,4-7,9-10,12-16,18-19,22-23,28-30,32-35,37-38,40-44,46-47,49-55H2,1-3H3,(H,71,72)/b11-8-,20-17-,24-21-,27-25-,31-26-,39-36-,48-45-. The minimum Gasteiger partial charge on any atom is -0.479 e. The predicted molar refractivity (Wildman–Crippen MR) is 312 cm³/mol. The molecule has 6 atom stereocenters. The molecule has 0 aliphatic carbocycles. The number of ether oxygens (including phenoxy) is 5. The van der Waals surface area contributed by atoms with Crippen molar-refractivity contribution in [1.82, 2.24) is 0 Å². The molecule has 3 N–H and O–H groups in total. The number of hydrogen-bond acceptors (Lipinski definition) is 11. The number of rotatable bonds is 51. The summed E-state index contributed by atoms with van der Waals surface area (Å²) in [6.07, 6.45) is 55.8. The van der Waals surface area contributed by atoms with Gasteiger partial charge in [0.15, 0.2) is 24.6 Å². The summed E-state index contributed by atoms with van der Waals surface area (Å²) in [5.41, 5.74) is 0. The van der Waals surface area contributed by atoms with Crippen LogP contribution in [-0.4, -0.2) is 89.2 Å². The van der Waals surface area contributed by atoms with Crippen LogP contribution >= 0.6 is 0 Å². The molecular weight excluding hydrogens is 973 g/mol. The average Bonchev–Trinajstić information content (AvgIpc) is 3.42. The van der Waals surface area contributed by atoms with Crippen LogP contribution in [0, 0.1) is 0 Å². The number of allylic oxidation sites excluding steroid dienone is 13. The van der Waals surface area contributed by atoms with Gasteiger partial charge in [0, 0.05) is 12.8 Å². The Bertz CT molecular complexity index is 1660. The Labute approximate surface area is 467 Å². The number of carboxylic acid groups (broad SMARTS) is 1. The highest BCUT2D eigenvalue weighted by atomic mass is 16.7. The molecule has 1 aliphatic rings. The number of unbranched alkanes of at least 4 members (excludes halogenated alkanes) is 24. The molecule has 77 heavy (non-hydrogen) atoms. The van der Waals surface area contributed by atoms with E-state index in [1.165, 1.54) is 96.3 Å². The Balaban J connectivity index is 2.71. The average molecular weight is 1080 g/mol. The second-order valence-corrected chi connectivity index (χ2v) is 20.6. The van der Waals surface area contributed by atoms with Crippen LogP contribution in [0.15, 0.2) is 85.1 Å². The van der Waals surface area contributed by atoms with Crippen LogP contribution in [0.3, 0.4) is 0 Å². The Morgan fingerprint density at radius 1 is 0.455 bits per heavy atom. The van der Waals surface area contributed by atoms with Gasteiger partial charge in [-0.3, -0.25) is 14.4 Å². The summed E-state index contributed by atoms with van der Waals surface area (Å²) in [7, 11) is 0. The number of carbonyl (C=O) groups is 4. The molecule has 0 spiro atoms. The molecule has 12 nitrogen and oxygen atoms in total. The van der Waals surface area contributed by atoms with Gasteiger partial charge in [-0.2, -0.15) is 0 Å². The van der Waals surface area contributed by atoms with Gasteiger partial charge < -0.3 is 39.0 Å². The van der Waals surface area contributed by atoms with Crippen LogP contribution in [0.1, 0.15) is 252 Å². The number of carboxylic acids is 1. The minimum atomic E-state index is -1.92. The molecular formula is C65H108O12. The van der Waals surface area contributed by atoms with Gasteiger partial charge in [0.05, 0.1) is 13.0 Å². The van der Waals surface area contributed by atoms with Gasteiger partial charge in [0.2, 0.25) is 0 Å². The molecule has 0 aromatic heterocycles. The van der Waals surface area contributed by atoms with Crippen molar-refractivity contribution in [3.63, 3.8) is 0 Å². The number of aliphatic hydroxyl groups excluding tert-OH is 2. The summed E-state index contributed by atoms with van der Waals surface area (Å²) >= 11 is 0. The third kappa shape index (κ3) is 42.5. The summed E-state index contributed by atoms with van der Waals surface area (Å²) in [5.74, 6) is -3.30. The highest BCUT2D eigenvalue weighted by Crippen LogP contribution is 2.26. The lowest BCUT2D eigenvalue weighted by atomic mass is 9.98. The first-order valence-electron chi connectivity index (χ1n) is 30.6. The zero-order valence-electron chi connectivity index (χ0n) is 48.4. The number of aliphatic carboxylic acids is 1. The molecule has 1 rings (SSSR count). The monoisotopic (exact) mass is 1080 g/mol. The maximum absolute atomic E-state index is 13.1. The van der Waals surface area contributed by atoms with E-state index in [0.717, 1.165) is 96.3 Å². The van der Waals surface area contributed by atoms with Crippen molar-refractivity contribution in [3.05, 3.63) is 85.1 Å². The van der Waals surface area contributed by atoms with Crippen molar-refractivity contribution in [2.75, 3.05) is 13.2 Å². The molecule has 0 aromatic carbocycles. The maximum Gasteiger partial charge on any atom is 0.335 e. The largest absolute Gasteiger partial charge is 0.479 e. The smallest absolute Gasteiger partial charge is 0.335 e. The van der Waals surface area contributed by atoms with Crippen molar-refractivity contribution >= 4 is 23.9 Å². The molecule has 0 radical (unpaired) electrons. The summed E-state index contributed by atoms with van der Waals surface area (Å²) in [4.78, 5) is 51.1. The van der Waals surface area contributed by atoms with E-state index < -0.39 is 67.3 Å². The number of hydrogen-bond donors (Lipinski definition) is 3. The second kappa shape index (κ2) is 52.6. The second-order valence-electron chi connectivity index (χ2n) is 20.6. The van der Waals surface area contributed by atoms with Crippen molar-refractivity contribution in [1.29, 1.82) is 0 Å². The number of carbonyl (C=O) groups excluding carboxylic acids is 3. The topological polar surface area (TPSA) is 175 Å². The normalized spacial score (nSPS) is 18.6. The quantitative estimate of drug-likeness (QED) is 0.0228. The van der Waals surface area contributed by atoms with E-state index in [0.29, 0.717) is 19.3 Å². The van der Waals surface area contributed by atoms with Gasteiger partial charge in [-0.1, -0.05) is 221 Å². The van der Waals surface area contributed by atoms with Crippen molar-refractivity contribution in [3.8, 4) is 0 Å². The van der Waals surface area contributed by atoms with E-state index in [1.807, 2.05) is 12.2 Å². The molecule has 0 saturated carbocycles. The molecule has 6 unspecified atom stereocenters. The molecule has 1 heterocycles. The fourth-order valence-corrected chi connectivity index (χ4v) is 8.78. The maximum atomic E-state index is 13.1. The van der Waals surface area contributed by atoms with E-state index in [4.69, 9.17) is 23.7 Å². The first kappa shape index (κ1) is 70.9. The van der Waals surface area contributed by atoms with Gasteiger partial charge in [-0.15, -0.1) is 0 Å². The zero-order valence-corrected chi connectivity index (χ0v) is 48.4. The van der Waals surface area contributed by atoms with Gasteiger partial charge in [0.25, 0.3) is 0 Å². The molecule has 440 valence electrons. The summed E-state index contributed by atoms with van der Waals surface area (Å²) in [6.45, 7) is 5.77. The molecule has 0 bridgehead atoms. The van der Waals surface area contributed by atoms with Crippen LogP contribution < -0.4 is 0 Å². The fourth-order valence-electron chi connectivity index (χ4n) is 8.78. The molecule has 1 aliphatic heterocycles. The highest BCUT2D eigenvalue weighted by molar-refractivity contribution is 5.74.